The molecular formula is C14H15N5O2. The van der Waals surface area contributed by atoms with Gasteiger partial charge in [-0.25, -0.2) is 9.97 Å². The van der Waals surface area contributed by atoms with Crippen LogP contribution >= 0.6 is 0 Å². The molecule has 0 aliphatic heterocycles. The minimum absolute atomic E-state index is 0.136. The van der Waals surface area contributed by atoms with Crippen LogP contribution in [0.5, 0.6) is 0 Å². The van der Waals surface area contributed by atoms with Gasteiger partial charge in [0.15, 0.2) is 6.29 Å². The number of hydrogen-bond acceptors (Lipinski definition) is 7. The van der Waals surface area contributed by atoms with Crippen LogP contribution in [0.3, 0.4) is 0 Å². The van der Waals surface area contributed by atoms with Crippen molar-refractivity contribution in [1.82, 2.24) is 15.4 Å². The summed E-state index contributed by atoms with van der Waals surface area (Å²) in [5.41, 5.74) is 10.8. The quantitative estimate of drug-likeness (QED) is 0.548. The Labute approximate surface area is 121 Å². The predicted molar refractivity (Wildman–Crippen MR) is 80.7 cm³/mol. The summed E-state index contributed by atoms with van der Waals surface area (Å²) >= 11 is 0. The topological polar surface area (TPSA) is 102 Å². The van der Waals surface area contributed by atoms with Crippen LogP contribution < -0.4 is 16.5 Å². The second kappa shape index (κ2) is 6.49. The van der Waals surface area contributed by atoms with Gasteiger partial charge in [-0.1, -0.05) is 18.7 Å². The van der Waals surface area contributed by atoms with Crippen LogP contribution in [0.25, 0.3) is 5.70 Å². The fourth-order valence-electron chi connectivity index (χ4n) is 1.70. The van der Waals surface area contributed by atoms with Gasteiger partial charge in [0, 0.05) is 5.69 Å². The van der Waals surface area contributed by atoms with E-state index in [0.717, 1.165) is 11.3 Å². The van der Waals surface area contributed by atoms with Crippen molar-refractivity contribution < 1.29 is 9.63 Å². The Hall–Kier alpha value is -2.93. The molecule has 0 radical (unpaired) electrons. The van der Waals surface area contributed by atoms with Crippen molar-refractivity contribution in [1.29, 1.82) is 0 Å². The van der Waals surface area contributed by atoms with Crippen molar-refractivity contribution in [3.8, 4) is 0 Å². The molecule has 0 spiro atoms. The van der Waals surface area contributed by atoms with Gasteiger partial charge in [0.05, 0.1) is 18.4 Å². The Morgan fingerprint density at radius 2 is 2.05 bits per heavy atom. The predicted octanol–water partition coefficient (Wildman–Crippen LogP) is 1.74. The second-order valence-electron chi connectivity index (χ2n) is 4.13. The van der Waals surface area contributed by atoms with Crippen molar-refractivity contribution in [2.24, 2.45) is 0 Å². The standard InChI is InChI=1S/C14H15N5O2/c1-9(19-21-2)10-3-5-11(6-4-10)18-14-12(7-20)13(15)16-8-17-14/h3-8,19H,1H2,2H3,(H3,15,16,17,18). The van der Waals surface area contributed by atoms with Crippen molar-refractivity contribution >= 4 is 29.3 Å². The zero-order valence-corrected chi connectivity index (χ0v) is 11.5. The average molecular weight is 285 g/mol. The van der Waals surface area contributed by atoms with Gasteiger partial charge in [0.25, 0.3) is 0 Å². The molecule has 1 heterocycles. The third kappa shape index (κ3) is 3.34. The molecule has 0 aliphatic carbocycles. The number of nitrogens with two attached hydrogens (primary N) is 1. The summed E-state index contributed by atoms with van der Waals surface area (Å²) in [6.45, 7) is 3.83. The molecule has 7 heteroatoms. The summed E-state index contributed by atoms with van der Waals surface area (Å²) in [6, 6.07) is 7.35. The van der Waals surface area contributed by atoms with E-state index in [-0.39, 0.29) is 11.4 Å². The maximum absolute atomic E-state index is 11.0. The number of aldehydes is 1. The van der Waals surface area contributed by atoms with Crippen LogP contribution in [0.4, 0.5) is 17.3 Å². The Balaban J connectivity index is 2.19. The maximum atomic E-state index is 11.0. The van der Waals surface area contributed by atoms with Crippen molar-refractivity contribution in [2.45, 2.75) is 0 Å². The molecule has 21 heavy (non-hydrogen) atoms. The lowest BCUT2D eigenvalue weighted by Crippen LogP contribution is -2.08. The third-order valence-corrected chi connectivity index (χ3v) is 2.75. The zero-order chi connectivity index (χ0) is 15.2. The van der Waals surface area contributed by atoms with Crippen LogP contribution in [0.2, 0.25) is 0 Å². The fourth-order valence-corrected chi connectivity index (χ4v) is 1.70. The number of carbonyl (C=O) groups is 1. The first-order valence-corrected chi connectivity index (χ1v) is 6.06. The molecule has 0 fully saturated rings. The number of rotatable bonds is 6. The van der Waals surface area contributed by atoms with Crippen molar-refractivity contribution in [3.63, 3.8) is 0 Å². The largest absolute Gasteiger partial charge is 0.383 e. The number of nitrogens with zero attached hydrogens (tertiary/aromatic N) is 2. The van der Waals surface area contributed by atoms with E-state index in [1.807, 2.05) is 24.3 Å². The normalized spacial score (nSPS) is 9.95. The van der Waals surface area contributed by atoms with Gasteiger partial charge in [-0.2, -0.15) is 0 Å². The van der Waals surface area contributed by atoms with E-state index < -0.39 is 0 Å². The molecule has 4 N–H and O–H groups in total. The Bertz CT molecular complexity index is 655. The lowest BCUT2D eigenvalue weighted by Gasteiger charge is -2.10. The first-order valence-electron chi connectivity index (χ1n) is 6.06. The second-order valence-corrected chi connectivity index (χ2v) is 4.13. The fraction of sp³-hybridized carbons (Fsp3) is 0.0714. The smallest absolute Gasteiger partial charge is 0.157 e. The third-order valence-electron chi connectivity index (χ3n) is 2.75. The van der Waals surface area contributed by atoms with Gasteiger partial charge >= 0.3 is 0 Å². The number of benzene rings is 1. The molecule has 1 aromatic carbocycles. The Kier molecular flexibility index (Phi) is 4.47. The van der Waals surface area contributed by atoms with Crippen LogP contribution in [0, 0.1) is 0 Å². The first kappa shape index (κ1) is 14.5. The first-order chi connectivity index (χ1) is 10.2. The number of aromatic nitrogens is 2. The lowest BCUT2D eigenvalue weighted by molar-refractivity contribution is 0.112. The molecule has 0 unspecified atom stereocenters. The molecule has 108 valence electrons. The number of anilines is 3. The van der Waals surface area contributed by atoms with Crippen LogP contribution in [-0.2, 0) is 4.84 Å². The molecule has 7 nitrogen and oxygen atoms in total. The maximum Gasteiger partial charge on any atom is 0.157 e. The summed E-state index contributed by atoms with van der Waals surface area (Å²) in [4.78, 5) is 23.6. The number of nitrogen functional groups attached to an aromatic ring is 1. The molecular weight excluding hydrogens is 270 g/mol. The van der Waals surface area contributed by atoms with Gasteiger partial charge in [0.1, 0.15) is 18.0 Å². The summed E-state index contributed by atoms with van der Waals surface area (Å²) in [5, 5.41) is 3.02. The van der Waals surface area contributed by atoms with Crippen LogP contribution in [0.15, 0.2) is 37.2 Å². The van der Waals surface area contributed by atoms with E-state index >= 15 is 0 Å². The highest BCUT2D eigenvalue weighted by Gasteiger charge is 2.08. The molecule has 2 aromatic rings. The summed E-state index contributed by atoms with van der Waals surface area (Å²) in [5.74, 6) is 0.496. The highest BCUT2D eigenvalue weighted by Crippen LogP contribution is 2.21. The van der Waals surface area contributed by atoms with Crippen molar-refractivity contribution in [2.75, 3.05) is 18.2 Å². The molecule has 1 aromatic heterocycles. The Morgan fingerprint density at radius 3 is 2.67 bits per heavy atom. The van der Waals surface area contributed by atoms with E-state index in [1.165, 1.54) is 13.4 Å². The SMILES string of the molecule is C=C(NOC)c1ccc(Nc2ncnc(N)c2C=O)cc1. The van der Waals surface area contributed by atoms with Gasteiger partial charge < -0.3 is 11.1 Å². The van der Waals surface area contributed by atoms with Gasteiger partial charge in [-0.05, 0) is 17.7 Å². The lowest BCUT2D eigenvalue weighted by atomic mass is 10.1. The summed E-state index contributed by atoms with van der Waals surface area (Å²) in [7, 11) is 1.52. The monoisotopic (exact) mass is 285 g/mol. The Morgan fingerprint density at radius 1 is 1.33 bits per heavy atom. The average Bonchev–Trinajstić information content (AvgIpc) is 2.48. The molecule has 0 atom stereocenters. The van der Waals surface area contributed by atoms with Crippen molar-refractivity contribution in [3.05, 3.63) is 48.3 Å². The van der Waals surface area contributed by atoms with E-state index in [1.54, 1.807) is 0 Å². The van der Waals surface area contributed by atoms with Gasteiger partial charge in [-0.15, -0.1) is 0 Å². The van der Waals surface area contributed by atoms with Gasteiger partial charge in [0.2, 0.25) is 0 Å². The zero-order valence-electron chi connectivity index (χ0n) is 11.5. The van der Waals surface area contributed by atoms with Gasteiger partial charge in [-0.3, -0.25) is 15.1 Å². The van der Waals surface area contributed by atoms with E-state index in [4.69, 9.17) is 10.6 Å². The highest BCUT2D eigenvalue weighted by atomic mass is 16.6. The molecule has 2 rings (SSSR count). The number of nitrogens with one attached hydrogen (secondary N) is 2. The summed E-state index contributed by atoms with van der Waals surface area (Å²) in [6.07, 6.45) is 1.92. The number of hydrogen-bond donors (Lipinski definition) is 3. The minimum atomic E-state index is 0.136. The number of hydroxylamine groups is 1. The van der Waals surface area contributed by atoms with E-state index in [0.29, 0.717) is 17.8 Å². The molecule has 0 aliphatic rings. The molecule has 0 saturated heterocycles. The van der Waals surface area contributed by atoms with E-state index in [2.05, 4.69) is 27.3 Å². The van der Waals surface area contributed by atoms with Crippen LogP contribution in [0.1, 0.15) is 15.9 Å². The van der Waals surface area contributed by atoms with Crippen LogP contribution in [-0.4, -0.2) is 23.4 Å². The molecule has 0 saturated carbocycles. The highest BCUT2D eigenvalue weighted by molar-refractivity contribution is 5.89. The minimum Gasteiger partial charge on any atom is -0.383 e. The molecule has 0 amide bonds. The molecule has 0 bridgehead atoms. The van der Waals surface area contributed by atoms with E-state index in [9.17, 15) is 4.79 Å². The number of carbonyl (C=O) groups excluding carboxylic acids is 1. The summed E-state index contributed by atoms with van der Waals surface area (Å²) < 4.78 is 0.